The monoisotopic (exact) mass is 290 g/mol. The maximum absolute atomic E-state index is 12.3. The Kier molecular flexibility index (Phi) is 4.58. The summed E-state index contributed by atoms with van der Waals surface area (Å²) >= 11 is 0. The summed E-state index contributed by atoms with van der Waals surface area (Å²) in [4.78, 5) is 21.8. The SMILES string of the molecule is CCc1cnc(CC(=O)N2CCC(NC3CCC3)CC2)[nH]1. The molecule has 0 atom stereocenters. The molecule has 1 saturated carbocycles. The third-order valence-electron chi connectivity index (χ3n) is 4.80. The van der Waals surface area contributed by atoms with E-state index in [1.54, 1.807) is 0 Å². The van der Waals surface area contributed by atoms with Gasteiger partial charge in [0.15, 0.2) is 0 Å². The van der Waals surface area contributed by atoms with Crippen LogP contribution in [0.1, 0.15) is 50.5 Å². The predicted octanol–water partition coefficient (Wildman–Crippen LogP) is 1.65. The number of amides is 1. The highest BCUT2D eigenvalue weighted by Crippen LogP contribution is 2.21. The zero-order valence-corrected chi connectivity index (χ0v) is 12.9. The van der Waals surface area contributed by atoms with Gasteiger partial charge < -0.3 is 15.2 Å². The van der Waals surface area contributed by atoms with E-state index >= 15 is 0 Å². The number of aromatic amines is 1. The molecule has 2 N–H and O–H groups in total. The van der Waals surface area contributed by atoms with Gasteiger partial charge >= 0.3 is 0 Å². The van der Waals surface area contributed by atoms with Crippen molar-refractivity contribution >= 4 is 5.91 Å². The number of likely N-dealkylation sites (tertiary alicyclic amines) is 1. The minimum atomic E-state index is 0.203. The Bertz CT molecular complexity index is 472. The van der Waals surface area contributed by atoms with E-state index in [9.17, 15) is 4.79 Å². The highest BCUT2D eigenvalue weighted by molar-refractivity contribution is 5.78. The summed E-state index contributed by atoms with van der Waals surface area (Å²) < 4.78 is 0. The number of hydrogen-bond donors (Lipinski definition) is 2. The average Bonchev–Trinajstić information content (AvgIpc) is 2.91. The van der Waals surface area contributed by atoms with Crippen LogP contribution in [-0.4, -0.2) is 45.9 Å². The van der Waals surface area contributed by atoms with Crippen molar-refractivity contribution in [1.29, 1.82) is 0 Å². The van der Waals surface area contributed by atoms with Gasteiger partial charge in [0, 0.05) is 37.1 Å². The maximum atomic E-state index is 12.3. The molecule has 0 aromatic carbocycles. The van der Waals surface area contributed by atoms with Gasteiger partial charge in [-0.25, -0.2) is 4.98 Å². The molecule has 2 aliphatic rings. The van der Waals surface area contributed by atoms with Crippen LogP contribution in [0.5, 0.6) is 0 Å². The second kappa shape index (κ2) is 6.60. The molecule has 1 aliphatic heterocycles. The first-order chi connectivity index (χ1) is 10.2. The predicted molar refractivity (Wildman–Crippen MR) is 82.0 cm³/mol. The fraction of sp³-hybridized carbons (Fsp3) is 0.750. The molecule has 0 unspecified atom stereocenters. The van der Waals surface area contributed by atoms with E-state index in [0.29, 0.717) is 12.5 Å². The van der Waals surface area contributed by atoms with Crippen molar-refractivity contribution in [1.82, 2.24) is 20.2 Å². The molecule has 5 heteroatoms. The summed E-state index contributed by atoms with van der Waals surface area (Å²) in [5, 5.41) is 3.72. The van der Waals surface area contributed by atoms with E-state index in [-0.39, 0.29) is 5.91 Å². The van der Waals surface area contributed by atoms with E-state index in [2.05, 4.69) is 22.2 Å². The Labute approximate surface area is 126 Å². The summed E-state index contributed by atoms with van der Waals surface area (Å²) in [6, 6.07) is 1.35. The van der Waals surface area contributed by atoms with Crippen LogP contribution in [0.4, 0.5) is 0 Å². The minimum Gasteiger partial charge on any atom is -0.345 e. The molecule has 1 aromatic heterocycles. The number of carbonyl (C=O) groups is 1. The van der Waals surface area contributed by atoms with E-state index < -0.39 is 0 Å². The summed E-state index contributed by atoms with van der Waals surface area (Å²) in [5.74, 6) is 1.00. The quantitative estimate of drug-likeness (QED) is 0.867. The first-order valence-electron chi connectivity index (χ1n) is 8.31. The van der Waals surface area contributed by atoms with Crippen molar-refractivity contribution in [3.63, 3.8) is 0 Å². The molecule has 3 rings (SSSR count). The van der Waals surface area contributed by atoms with Crippen molar-refractivity contribution in [3.05, 3.63) is 17.7 Å². The second-order valence-electron chi connectivity index (χ2n) is 6.34. The van der Waals surface area contributed by atoms with Gasteiger partial charge in [-0.15, -0.1) is 0 Å². The number of aryl methyl sites for hydroxylation is 1. The number of H-pyrrole nitrogens is 1. The molecule has 2 fully saturated rings. The molecule has 1 aliphatic carbocycles. The summed E-state index contributed by atoms with van der Waals surface area (Å²) in [6.07, 6.45) is 9.37. The number of rotatable bonds is 5. The Morgan fingerprint density at radius 1 is 1.33 bits per heavy atom. The summed E-state index contributed by atoms with van der Waals surface area (Å²) in [7, 11) is 0. The second-order valence-corrected chi connectivity index (χ2v) is 6.34. The van der Waals surface area contributed by atoms with Crippen molar-refractivity contribution < 1.29 is 4.79 Å². The standard InChI is InChI=1S/C16H26N4O/c1-2-12-11-17-15(19-12)10-16(21)20-8-6-14(7-9-20)18-13-4-3-5-13/h11,13-14,18H,2-10H2,1H3,(H,17,19). The Morgan fingerprint density at radius 2 is 2.05 bits per heavy atom. The third kappa shape index (κ3) is 3.64. The number of aromatic nitrogens is 2. The van der Waals surface area contributed by atoms with Gasteiger partial charge in [0.05, 0.1) is 6.42 Å². The van der Waals surface area contributed by atoms with Crippen LogP contribution in [0.3, 0.4) is 0 Å². The highest BCUT2D eigenvalue weighted by atomic mass is 16.2. The van der Waals surface area contributed by atoms with E-state index in [1.165, 1.54) is 19.3 Å². The molecule has 0 bridgehead atoms. The number of imidazole rings is 1. The Balaban J connectivity index is 1.43. The zero-order valence-electron chi connectivity index (χ0n) is 12.9. The lowest BCUT2D eigenvalue weighted by Crippen LogP contribution is -2.49. The van der Waals surface area contributed by atoms with Crippen molar-refractivity contribution in [2.24, 2.45) is 0 Å². The molecule has 1 saturated heterocycles. The van der Waals surface area contributed by atoms with E-state index in [1.807, 2.05) is 11.1 Å². The lowest BCUT2D eigenvalue weighted by molar-refractivity contribution is -0.131. The van der Waals surface area contributed by atoms with Gasteiger partial charge in [-0.3, -0.25) is 4.79 Å². The highest BCUT2D eigenvalue weighted by Gasteiger charge is 2.26. The fourth-order valence-corrected chi connectivity index (χ4v) is 3.13. The molecule has 116 valence electrons. The molecule has 5 nitrogen and oxygen atoms in total. The number of piperidine rings is 1. The van der Waals surface area contributed by atoms with Crippen LogP contribution in [-0.2, 0) is 17.6 Å². The lowest BCUT2D eigenvalue weighted by atomic mass is 9.91. The van der Waals surface area contributed by atoms with Gasteiger partial charge in [0.1, 0.15) is 5.82 Å². The summed E-state index contributed by atoms with van der Waals surface area (Å²) in [5.41, 5.74) is 1.10. The van der Waals surface area contributed by atoms with Crippen molar-refractivity contribution in [2.75, 3.05) is 13.1 Å². The molecule has 0 radical (unpaired) electrons. The Morgan fingerprint density at radius 3 is 2.62 bits per heavy atom. The van der Waals surface area contributed by atoms with Gasteiger partial charge in [-0.2, -0.15) is 0 Å². The van der Waals surface area contributed by atoms with E-state index in [4.69, 9.17) is 0 Å². The molecular formula is C16H26N4O. The number of nitrogens with one attached hydrogen (secondary N) is 2. The van der Waals surface area contributed by atoms with Crippen LogP contribution in [0.25, 0.3) is 0 Å². The molecule has 21 heavy (non-hydrogen) atoms. The molecular weight excluding hydrogens is 264 g/mol. The first kappa shape index (κ1) is 14.6. The summed E-state index contributed by atoms with van der Waals surface area (Å²) in [6.45, 7) is 3.84. The van der Waals surface area contributed by atoms with Crippen LogP contribution in [0.2, 0.25) is 0 Å². The smallest absolute Gasteiger partial charge is 0.230 e. The Hall–Kier alpha value is -1.36. The zero-order chi connectivity index (χ0) is 14.7. The van der Waals surface area contributed by atoms with Gasteiger partial charge in [-0.05, 0) is 32.1 Å². The molecule has 0 spiro atoms. The number of nitrogens with zero attached hydrogens (tertiary/aromatic N) is 2. The molecule has 2 heterocycles. The van der Waals surface area contributed by atoms with Crippen LogP contribution in [0, 0.1) is 0 Å². The topological polar surface area (TPSA) is 61.0 Å². The van der Waals surface area contributed by atoms with Gasteiger partial charge in [0.25, 0.3) is 0 Å². The molecule has 1 amide bonds. The van der Waals surface area contributed by atoms with E-state index in [0.717, 1.165) is 49.9 Å². The number of hydrogen-bond acceptors (Lipinski definition) is 3. The third-order valence-corrected chi connectivity index (χ3v) is 4.80. The van der Waals surface area contributed by atoms with Gasteiger partial charge in [-0.1, -0.05) is 13.3 Å². The first-order valence-corrected chi connectivity index (χ1v) is 8.31. The normalized spacial score (nSPS) is 20.5. The number of carbonyl (C=O) groups excluding carboxylic acids is 1. The maximum Gasteiger partial charge on any atom is 0.230 e. The van der Waals surface area contributed by atoms with Gasteiger partial charge in [0.2, 0.25) is 5.91 Å². The largest absolute Gasteiger partial charge is 0.345 e. The van der Waals surface area contributed by atoms with Crippen LogP contribution in [0.15, 0.2) is 6.20 Å². The fourth-order valence-electron chi connectivity index (χ4n) is 3.13. The average molecular weight is 290 g/mol. The molecule has 1 aromatic rings. The van der Waals surface area contributed by atoms with Crippen molar-refractivity contribution in [3.8, 4) is 0 Å². The minimum absolute atomic E-state index is 0.203. The van der Waals surface area contributed by atoms with Crippen molar-refractivity contribution in [2.45, 2.75) is 64.0 Å². The lowest BCUT2D eigenvalue weighted by Gasteiger charge is -2.37. The van der Waals surface area contributed by atoms with Crippen LogP contribution < -0.4 is 5.32 Å². The van der Waals surface area contributed by atoms with Crippen LogP contribution >= 0.6 is 0 Å².